The van der Waals surface area contributed by atoms with Crippen LogP contribution in [0.1, 0.15) is 20.8 Å². The molecule has 61 valence electrons. The van der Waals surface area contributed by atoms with Gasteiger partial charge in [0, 0.05) is 25.0 Å². The normalized spacial score (nSPS) is 11.4. The molecule has 2 heteroatoms. The van der Waals surface area contributed by atoms with Crippen molar-refractivity contribution in [3.8, 4) is 0 Å². The molecular formula is C8H17ClN. The second-order valence-electron chi connectivity index (χ2n) is 2.69. The molecule has 0 aromatic rings. The fraction of sp³-hybridized carbons (Fsp3) is 0.875. The zero-order chi connectivity index (χ0) is 7.98. The summed E-state index contributed by atoms with van der Waals surface area (Å²) in [5, 5.41) is 0. The predicted molar refractivity (Wildman–Crippen MR) is 47.4 cm³/mol. The van der Waals surface area contributed by atoms with Crippen molar-refractivity contribution in [1.29, 1.82) is 0 Å². The molecule has 0 fully saturated rings. The molecule has 0 spiro atoms. The first-order valence-corrected chi connectivity index (χ1v) is 4.33. The summed E-state index contributed by atoms with van der Waals surface area (Å²) in [5.74, 6) is 0.728. The van der Waals surface area contributed by atoms with E-state index in [9.17, 15) is 0 Å². The van der Waals surface area contributed by atoms with E-state index < -0.39 is 0 Å². The maximum atomic E-state index is 5.62. The van der Waals surface area contributed by atoms with Crippen molar-refractivity contribution < 1.29 is 0 Å². The Hall–Kier alpha value is 0.250. The van der Waals surface area contributed by atoms with Crippen molar-refractivity contribution in [2.45, 2.75) is 26.8 Å². The number of hydrogen-bond donors (Lipinski definition) is 0. The maximum Gasteiger partial charge on any atom is 0.0351 e. The van der Waals surface area contributed by atoms with Crippen LogP contribution in [0.5, 0.6) is 0 Å². The Bertz CT molecular complexity index is 67.7. The highest BCUT2D eigenvalue weighted by Gasteiger charge is 2.05. The standard InChI is InChI=1S/C8H17ClN/c1-4-6-10(7-5-9)8(2)3/h4,8H,5-7H2,1-3H3. The first kappa shape index (κ1) is 10.2. The maximum absolute atomic E-state index is 5.62. The predicted octanol–water partition coefficient (Wildman–Crippen LogP) is 2.16. The lowest BCUT2D eigenvalue weighted by atomic mass is 10.3. The van der Waals surface area contributed by atoms with Gasteiger partial charge < -0.3 is 0 Å². The molecule has 0 heterocycles. The Morgan fingerprint density at radius 2 is 2.10 bits per heavy atom. The van der Waals surface area contributed by atoms with Crippen LogP contribution in [-0.4, -0.2) is 29.9 Å². The van der Waals surface area contributed by atoms with Gasteiger partial charge in [-0.3, -0.25) is 4.90 Å². The first-order valence-electron chi connectivity index (χ1n) is 3.80. The van der Waals surface area contributed by atoms with E-state index >= 15 is 0 Å². The quantitative estimate of drug-likeness (QED) is 0.560. The lowest BCUT2D eigenvalue weighted by Gasteiger charge is -2.24. The molecule has 0 saturated carbocycles. The third kappa shape index (κ3) is 4.13. The number of halogens is 1. The average molecular weight is 163 g/mol. The third-order valence-electron chi connectivity index (χ3n) is 1.52. The van der Waals surface area contributed by atoms with Crippen molar-refractivity contribution in [2.24, 2.45) is 0 Å². The molecule has 0 aromatic carbocycles. The molecule has 0 bridgehead atoms. The van der Waals surface area contributed by atoms with Crippen LogP contribution in [0, 0.1) is 6.42 Å². The van der Waals surface area contributed by atoms with E-state index in [2.05, 4.69) is 32.1 Å². The first-order chi connectivity index (χ1) is 4.72. The molecule has 0 aliphatic rings. The van der Waals surface area contributed by atoms with Gasteiger partial charge in [0.25, 0.3) is 0 Å². The summed E-state index contributed by atoms with van der Waals surface area (Å²) in [4.78, 5) is 2.34. The van der Waals surface area contributed by atoms with Gasteiger partial charge in [-0.25, -0.2) is 0 Å². The largest absolute Gasteiger partial charge is 0.299 e. The number of alkyl halides is 1. The smallest absolute Gasteiger partial charge is 0.0351 e. The molecule has 0 atom stereocenters. The van der Waals surface area contributed by atoms with Gasteiger partial charge in [-0.1, -0.05) is 6.92 Å². The molecule has 0 amide bonds. The lowest BCUT2D eigenvalue weighted by molar-refractivity contribution is 0.254. The van der Waals surface area contributed by atoms with Crippen LogP contribution in [0.3, 0.4) is 0 Å². The highest BCUT2D eigenvalue weighted by atomic mass is 35.5. The molecule has 10 heavy (non-hydrogen) atoms. The molecular weight excluding hydrogens is 146 g/mol. The van der Waals surface area contributed by atoms with E-state index in [1.807, 2.05) is 0 Å². The summed E-state index contributed by atoms with van der Waals surface area (Å²) in [7, 11) is 0. The van der Waals surface area contributed by atoms with E-state index in [-0.39, 0.29) is 0 Å². The van der Waals surface area contributed by atoms with Gasteiger partial charge in [0.15, 0.2) is 0 Å². The van der Waals surface area contributed by atoms with Crippen LogP contribution < -0.4 is 0 Å². The SMILES string of the molecule is C[CH]CN(CCCl)C(C)C. The monoisotopic (exact) mass is 162 g/mol. The highest BCUT2D eigenvalue weighted by Crippen LogP contribution is 1.98. The minimum absolute atomic E-state index is 0.606. The van der Waals surface area contributed by atoms with E-state index in [0.29, 0.717) is 6.04 Å². The lowest BCUT2D eigenvalue weighted by Crippen LogP contribution is -2.33. The van der Waals surface area contributed by atoms with E-state index in [1.54, 1.807) is 0 Å². The fourth-order valence-corrected chi connectivity index (χ4v) is 1.12. The van der Waals surface area contributed by atoms with Gasteiger partial charge in [-0.05, 0) is 20.3 Å². The van der Waals surface area contributed by atoms with Crippen molar-refractivity contribution in [3.05, 3.63) is 6.42 Å². The number of rotatable bonds is 5. The number of hydrogen-bond acceptors (Lipinski definition) is 1. The second-order valence-corrected chi connectivity index (χ2v) is 3.06. The zero-order valence-corrected chi connectivity index (χ0v) is 7.86. The summed E-state index contributed by atoms with van der Waals surface area (Å²) in [5.41, 5.74) is 0. The van der Waals surface area contributed by atoms with Crippen LogP contribution in [0.4, 0.5) is 0 Å². The molecule has 1 nitrogen and oxygen atoms in total. The highest BCUT2D eigenvalue weighted by molar-refractivity contribution is 6.18. The van der Waals surface area contributed by atoms with Gasteiger partial charge in [-0.2, -0.15) is 0 Å². The molecule has 0 saturated heterocycles. The third-order valence-corrected chi connectivity index (χ3v) is 1.69. The van der Waals surface area contributed by atoms with Crippen LogP contribution in [0.25, 0.3) is 0 Å². The van der Waals surface area contributed by atoms with E-state index in [0.717, 1.165) is 19.0 Å². The molecule has 0 unspecified atom stereocenters. The molecule has 0 rings (SSSR count). The van der Waals surface area contributed by atoms with Gasteiger partial charge in [0.05, 0.1) is 0 Å². The van der Waals surface area contributed by atoms with Crippen molar-refractivity contribution >= 4 is 11.6 Å². The fourth-order valence-electron chi connectivity index (χ4n) is 0.903. The van der Waals surface area contributed by atoms with Crippen LogP contribution >= 0.6 is 11.6 Å². The van der Waals surface area contributed by atoms with Crippen LogP contribution in [0.2, 0.25) is 0 Å². The van der Waals surface area contributed by atoms with Gasteiger partial charge in [0.2, 0.25) is 0 Å². The second kappa shape index (κ2) is 5.99. The van der Waals surface area contributed by atoms with Gasteiger partial charge >= 0.3 is 0 Å². The topological polar surface area (TPSA) is 3.24 Å². The van der Waals surface area contributed by atoms with E-state index in [4.69, 9.17) is 11.6 Å². The molecule has 0 aliphatic carbocycles. The molecule has 0 aromatic heterocycles. The summed E-state index contributed by atoms with van der Waals surface area (Å²) in [6.45, 7) is 8.49. The Morgan fingerprint density at radius 3 is 2.40 bits per heavy atom. The van der Waals surface area contributed by atoms with Gasteiger partial charge in [0.1, 0.15) is 0 Å². The molecule has 1 radical (unpaired) electrons. The number of nitrogens with zero attached hydrogens (tertiary/aromatic N) is 1. The Labute approximate surface area is 69.4 Å². The van der Waals surface area contributed by atoms with E-state index in [1.165, 1.54) is 0 Å². The van der Waals surface area contributed by atoms with Crippen molar-refractivity contribution in [2.75, 3.05) is 19.0 Å². The van der Waals surface area contributed by atoms with Gasteiger partial charge in [-0.15, -0.1) is 11.6 Å². The summed E-state index contributed by atoms with van der Waals surface area (Å²) in [6.07, 6.45) is 2.16. The average Bonchev–Trinajstić information content (AvgIpc) is 1.87. The minimum atomic E-state index is 0.606. The Kier molecular flexibility index (Phi) is 6.14. The Balaban J connectivity index is 3.50. The zero-order valence-electron chi connectivity index (χ0n) is 7.10. The summed E-state index contributed by atoms with van der Waals surface area (Å²) >= 11 is 5.62. The van der Waals surface area contributed by atoms with Crippen LogP contribution in [0.15, 0.2) is 0 Å². The van der Waals surface area contributed by atoms with Crippen LogP contribution in [-0.2, 0) is 0 Å². The van der Waals surface area contributed by atoms with Crippen molar-refractivity contribution in [3.63, 3.8) is 0 Å². The summed E-state index contributed by atoms with van der Waals surface area (Å²) < 4.78 is 0. The summed E-state index contributed by atoms with van der Waals surface area (Å²) in [6, 6.07) is 0.606. The minimum Gasteiger partial charge on any atom is -0.299 e. The molecule has 0 aliphatic heterocycles. The Morgan fingerprint density at radius 1 is 1.50 bits per heavy atom. The van der Waals surface area contributed by atoms with Crippen molar-refractivity contribution in [1.82, 2.24) is 4.90 Å². The molecule has 0 N–H and O–H groups in total.